The van der Waals surface area contributed by atoms with Gasteiger partial charge in [0.05, 0.1) is 0 Å². The maximum Gasteiger partial charge on any atom is 0.264 e. The van der Waals surface area contributed by atoms with Crippen molar-refractivity contribution in [2.75, 3.05) is 0 Å². The van der Waals surface area contributed by atoms with Crippen LogP contribution in [0.2, 0.25) is 0 Å². The molecular formula is C20H24N4O2. The van der Waals surface area contributed by atoms with Crippen molar-refractivity contribution < 1.29 is 9.21 Å². The van der Waals surface area contributed by atoms with Crippen LogP contribution in [-0.2, 0) is 17.8 Å². The zero-order valence-electron chi connectivity index (χ0n) is 15.1. The summed E-state index contributed by atoms with van der Waals surface area (Å²) < 4.78 is 7.72. The van der Waals surface area contributed by atoms with Crippen LogP contribution in [0.15, 0.2) is 34.7 Å². The van der Waals surface area contributed by atoms with Gasteiger partial charge in [-0.1, -0.05) is 44.4 Å². The number of carbonyl (C=O) groups is 1. The number of fused-ring (bicyclic) bond motifs is 1. The second-order valence-corrected chi connectivity index (χ2v) is 6.93. The molecule has 1 aliphatic rings. The molecule has 2 heterocycles. The number of benzene rings is 1. The fraction of sp³-hybridized carbons (Fsp3) is 0.450. The van der Waals surface area contributed by atoms with Crippen LogP contribution >= 0.6 is 0 Å². The van der Waals surface area contributed by atoms with Crippen molar-refractivity contribution in [3.8, 4) is 11.6 Å². The molecule has 1 amide bonds. The molecule has 1 aliphatic carbocycles. The lowest BCUT2D eigenvalue weighted by atomic mass is 9.95. The Hall–Kier alpha value is -2.63. The first-order valence-corrected chi connectivity index (χ1v) is 9.45. The Kier molecular flexibility index (Phi) is 4.73. The average molecular weight is 352 g/mol. The van der Waals surface area contributed by atoms with Crippen molar-refractivity contribution in [2.24, 2.45) is 0 Å². The number of hydrogen-bond donors (Lipinski definition) is 1. The molecule has 3 aromatic rings. The van der Waals surface area contributed by atoms with Crippen LogP contribution in [0.4, 0.5) is 0 Å². The monoisotopic (exact) mass is 352 g/mol. The molecule has 0 radical (unpaired) electrons. The third kappa shape index (κ3) is 3.36. The molecule has 26 heavy (non-hydrogen) atoms. The van der Waals surface area contributed by atoms with Crippen LogP contribution in [0.5, 0.6) is 0 Å². The Morgan fingerprint density at radius 3 is 2.81 bits per heavy atom. The maximum atomic E-state index is 12.7. The van der Waals surface area contributed by atoms with Crippen LogP contribution in [0.25, 0.3) is 22.5 Å². The minimum atomic E-state index is 0.0368. The first kappa shape index (κ1) is 16.8. The Morgan fingerprint density at radius 2 is 2.04 bits per heavy atom. The number of para-hydroxylation sites is 1. The fourth-order valence-corrected chi connectivity index (χ4v) is 3.72. The molecule has 1 N–H and O–H groups in total. The summed E-state index contributed by atoms with van der Waals surface area (Å²) in [6.07, 6.45) is 6.52. The molecule has 6 heteroatoms. The molecule has 136 valence electrons. The van der Waals surface area contributed by atoms with Gasteiger partial charge in [-0.25, -0.2) is 0 Å². The van der Waals surface area contributed by atoms with Crippen molar-refractivity contribution in [1.82, 2.24) is 20.1 Å². The quantitative estimate of drug-likeness (QED) is 0.760. The summed E-state index contributed by atoms with van der Waals surface area (Å²) in [5.41, 5.74) is 1.79. The van der Waals surface area contributed by atoms with Gasteiger partial charge < -0.3 is 14.3 Å². The van der Waals surface area contributed by atoms with Gasteiger partial charge in [-0.05, 0) is 25.0 Å². The van der Waals surface area contributed by atoms with E-state index in [0.717, 1.165) is 29.4 Å². The minimum absolute atomic E-state index is 0.0368. The smallest absolute Gasteiger partial charge is 0.264 e. The highest BCUT2D eigenvalue weighted by atomic mass is 16.4. The number of aryl methyl sites for hydroxylation is 1. The highest BCUT2D eigenvalue weighted by Crippen LogP contribution is 2.27. The van der Waals surface area contributed by atoms with E-state index in [-0.39, 0.29) is 12.5 Å². The summed E-state index contributed by atoms with van der Waals surface area (Å²) in [5.74, 6) is 1.10. The third-order valence-electron chi connectivity index (χ3n) is 5.07. The number of nitrogens with one attached hydrogen (secondary N) is 1. The van der Waals surface area contributed by atoms with Gasteiger partial charge in [-0.3, -0.25) is 4.79 Å². The van der Waals surface area contributed by atoms with E-state index >= 15 is 0 Å². The largest absolute Gasteiger partial charge is 0.419 e. The second kappa shape index (κ2) is 7.32. The lowest BCUT2D eigenvalue weighted by Crippen LogP contribution is -2.38. The van der Waals surface area contributed by atoms with Crippen molar-refractivity contribution in [2.45, 2.75) is 58.0 Å². The average Bonchev–Trinajstić information content (AvgIpc) is 3.27. The molecule has 4 rings (SSSR count). The van der Waals surface area contributed by atoms with Crippen LogP contribution < -0.4 is 5.32 Å². The van der Waals surface area contributed by atoms with Gasteiger partial charge in [0.15, 0.2) is 0 Å². The predicted molar refractivity (Wildman–Crippen MR) is 99.6 cm³/mol. The van der Waals surface area contributed by atoms with Gasteiger partial charge in [0.25, 0.3) is 5.89 Å². The van der Waals surface area contributed by atoms with Gasteiger partial charge in [-0.2, -0.15) is 0 Å². The molecule has 0 spiro atoms. The first-order valence-electron chi connectivity index (χ1n) is 9.45. The number of hydrogen-bond acceptors (Lipinski definition) is 4. The number of amides is 1. The maximum absolute atomic E-state index is 12.7. The van der Waals surface area contributed by atoms with Gasteiger partial charge in [0.2, 0.25) is 11.8 Å². The van der Waals surface area contributed by atoms with E-state index in [1.54, 1.807) is 0 Å². The number of aromatic nitrogens is 3. The van der Waals surface area contributed by atoms with Crippen LogP contribution in [0.1, 0.15) is 44.9 Å². The van der Waals surface area contributed by atoms with Crippen molar-refractivity contribution in [3.63, 3.8) is 0 Å². The summed E-state index contributed by atoms with van der Waals surface area (Å²) in [7, 11) is 0. The summed E-state index contributed by atoms with van der Waals surface area (Å²) >= 11 is 0. The van der Waals surface area contributed by atoms with Gasteiger partial charge >= 0.3 is 0 Å². The second-order valence-electron chi connectivity index (χ2n) is 6.93. The minimum Gasteiger partial charge on any atom is -0.419 e. The highest BCUT2D eigenvalue weighted by molar-refractivity contribution is 5.88. The van der Waals surface area contributed by atoms with Crippen LogP contribution in [0.3, 0.4) is 0 Å². The van der Waals surface area contributed by atoms with Crippen molar-refractivity contribution in [1.29, 1.82) is 0 Å². The lowest BCUT2D eigenvalue weighted by molar-refractivity contribution is -0.122. The Bertz CT molecular complexity index is 906. The van der Waals surface area contributed by atoms with Crippen LogP contribution in [-0.4, -0.2) is 26.7 Å². The first-order chi connectivity index (χ1) is 12.7. The van der Waals surface area contributed by atoms with Crippen LogP contribution in [0, 0.1) is 0 Å². The standard InChI is InChI=1S/C20H24N4O2/c1-2-19-22-23-20(26-19)17-12-14-8-6-7-11-16(14)24(17)13-18(25)21-15-9-4-3-5-10-15/h6-8,11-12,15H,2-5,9-10,13H2,1H3,(H,21,25). The van der Waals surface area contributed by atoms with Gasteiger partial charge in [0.1, 0.15) is 12.2 Å². The summed E-state index contributed by atoms with van der Waals surface area (Å²) in [6, 6.07) is 10.3. The molecular weight excluding hydrogens is 328 g/mol. The topological polar surface area (TPSA) is 73.0 Å². The molecule has 2 aromatic heterocycles. The molecule has 0 bridgehead atoms. The molecule has 6 nitrogen and oxygen atoms in total. The van der Waals surface area contributed by atoms with Gasteiger partial charge in [0, 0.05) is 23.4 Å². The van der Waals surface area contributed by atoms with E-state index in [0.29, 0.717) is 24.2 Å². The fourth-order valence-electron chi connectivity index (χ4n) is 3.72. The number of rotatable bonds is 5. The van der Waals surface area contributed by atoms with E-state index in [2.05, 4.69) is 15.5 Å². The van der Waals surface area contributed by atoms with E-state index in [9.17, 15) is 4.79 Å². The summed E-state index contributed by atoms with van der Waals surface area (Å²) in [5, 5.41) is 12.5. The van der Waals surface area contributed by atoms with Crippen molar-refractivity contribution >= 4 is 16.8 Å². The molecule has 1 fully saturated rings. The van der Waals surface area contributed by atoms with E-state index < -0.39 is 0 Å². The lowest BCUT2D eigenvalue weighted by Gasteiger charge is -2.23. The van der Waals surface area contributed by atoms with Gasteiger partial charge in [-0.15, -0.1) is 10.2 Å². The van der Waals surface area contributed by atoms with E-state index in [4.69, 9.17) is 4.42 Å². The molecule has 1 aromatic carbocycles. The Balaban J connectivity index is 1.63. The number of nitrogens with zero attached hydrogens (tertiary/aromatic N) is 3. The highest BCUT2D eigenvalue weighted by Gasteiger charge is 2.20. The third-order valence-corrected chi connectivity index (χ3v) is 5.07. The van der Waals surface area contributed by atoms with E-state index in [1.165, 1.54) is 19.3 Å². The Morgan fingerprint density at radius 1 is 1.23 bits per heavy atom. The molecule has 0 atom stereocenters. The summed E-state index contributed by atoms with van der Waals surface area (Å²) in [6.45, 7) is 2.23. The molecule has 0 saturated heterocycles. The predicted octanol–water partition coefficient (Wildman–Crippen LogP) is 3.70. The molecule has 0 aliphatic heterocycles. The normalized spacial score (nSPS) is 15.4. The number of carbonyl (C=O) groups excluding carboxylic acids is 1. The molecule has 0 unspecified atom stereocenters. The molecule has 1 saturated carbocycles. The zero-order valence-corrected chi connectivity index (χ0v) is 15.1. The summed E-state index contributed by atoms with van der Waals surface area (Å²) in [4.78, 5) is 12.7. The van der Waals surface area contributed by atoms with E-state index in [1.807, 2.05) is 41.8 Å². The SMILES string of the molecule is CCc1nnc(-c2cc3ccccc3n2CC(=O)NC2CCCCC2)o1. The zero-order chi connectivity index (χ0) is 17.9. The van der Waals surface area contributed by atoms with Crippen molar-refractivity contribution in [3.05, 3.63) is 36.2 Å². The Labute approximate surface area is 152 Å².